The van der Waals surface area contributed by atoms with Crippen molar-refractivity contribution in [2.45, 2.75) is 6.54 Å². The molecule has 2 aromatic carbocycles. The van der Waals surface area contributed by atoms with E-state index in [-0.39, 0.29) is 0 Å². The maximum atomic E-state index is 6.11. The molecule has 1 N–H and O–H groups in total. The fraction of sp³-hybridized carbons (Fsp3) is 0.118. The van der Waals surface area contributed by atoms with Gasteiger partial charge >= 0.3 is 0 Å². The molecule has 1 aromatic heterocycles. The average molecular weight is 298 g/mol. The van der Waals surface area contributed by atoms with Gasteiger partial charge in [0.1, 0.15) is 0 Å². The first kappa shape index (κ1) is 13.9. The summed E-state index contributed by atoms with van der Waals surface area (Å²) in [5.74, 6) is 0. The minimum atomic E-state index is 0.706. The number of nitrogens with one attached hydrogen (secondary N) is 1. The van der Waals surface area contributed by atoms with Crippen molar-refractivity contribution in [2.24, 2.45) is 0 Å². The molecule has 3 aromatic rings. The summed E-state index contributed by atoms with van der Waals surface area (Å²) in [4.78, 5) is 0. The lowest BCUT2D eigenvalue weighted by Crippen LogP contribution is -2.06. The van der Waals surface area contributed by atoms with Crippen LogP contribution in [0.3, 0.4) is 0 Å². The summed E-state index contributed by atoms with van der Waals surface area (Å²) in [6, 6.07) is 18.0. The van der Waals surface area contributed by atoms with E-state index in [1.807, 2.05) is 60.4 Å². The Morgan fingerprint density at radius 1 is 1.10 bits per heavy atom. The highest BCUT2D eigenvalue weighted by Crippen LogP contribution is 2.27. The van der Waals surface area contributed by atoms with Gasteiger partial charge in [-0.05, 0) is 25.2 Å². The second-order valence-corrected chi connectivity index (χ2v) is 5.24. The molecule has 0 atom stereocenters. The van der Waals surface area contributed by atoms with Crippen LogP contribution in [0.25, 0.3) is 16.9 Å². The van der Waals surface area contributed by atoms with Gasteiger partial charge in [0.05, 0.1) is 17.6 Å². The highest BCUT2D eigenvalue weighted by atomic mass is 35.5. The third-order valence-electron chi connectivity index (χ3n) is 3.31. The summed E-state index contributed by atoms with van der Waals surface area (Å²) in [6.07, 6.45) is 1.90. The molecule has 0 saturated heterocycles. The molecular weight excluding hydrogens is 282 g/mol. The van der Waals surface area contributed by atoms with Crippen LogP contribution < -0.4 is 5.32 Å². The Morgan fingerprint density at radius 2 is 1.90 bits per heavy atom. The fourth-order valence-corrected chi connectivity index (χ4v) is 2.59. The Balaban J connectivity index is 2.18. The highest BCUT2D eigenvalue weighted by molar-refractivity contribution is 6.30. The Hall–Kier alpha value is -2.10. The highest BCUT2D eigenvalue weighted by Gasteiger charge is 2.13. The van der Waals surface area contributed by atoms with Gasteiger partial charge in [-0.3, -0.25) is 0 Å². The standard InChI is InChI=1S/C17H16ClN3/c1-19-11-14-12-20-21(16-9-5-8-15(18)10-16)17(14)13-6-3-2-4-7-13/h2-10,12,19H,11H2,1H3. The van der Waals surface area contributed by atoms with Crippen LogP contribution in [0, 0.1) is 0 Å². The van der Waals surface area contributed by atoms with E-state index in [9.17, 15) is 0 Å². The first-order valence-electron chi connectivity index (χ1n) is 6.82. The van der Waals surface area contributed by atoms with Crippen molar-refractivity contribution in [3.63, 3.8) is 0 Å². The third kappa shape index (κ3) is 2.84. The zero-order valence-electron chi connectivity index (χ0n) is 11.8. The maximum Gasteiger partial charge on any atom is 0.0785 e. The molecular formula is C17H16ClN3. The van der Waals surface area contributed by atoms with Crippen LogP contribution in [0.2, 0.25) is 5.02 Å². The second-order valence-electron chi connectivity index (χ2n) is 4.81. The smallest absolute Gasteiger partial charge is 0.0785 e. The van der Waals surface area contributed by atoms with Crippen molar-refractivity contribution in [3.8, 4) is 16.9 Å². The van der Waals surface area contributed by atoms with Crippen LogP contribution in [0.1, 0.15) is 5.56 Å². The maximum absolute atomic E-state index is 6.11. The summed E-state index contributed by atoms with van der Waals surface area (Å²) >= 11 is 6.11. The van der Waals surface area contributed by atoms with Crippen LogP contribution in [-0.2, 0) is 6.54 Å². The molecule has 3 rings (SSSR count). The van der Waals surface area contributed by atoms with Gasteiger partial charge in [0, 0.05) is 22.7 Å². The predicted molar refractivity (Wildman–Crippen MR) is 86.8 cm³/mol. The normalized spacial score (nSPS) is 10.8. The van der Waals surface area contributed by atoms with E-state index in [4.69, 9.17) is 11.6 Å². The van der Waals surface area contributed by atoms with Crippen LogP contribution in [0.4, 0.5) is 0 Å². The molecule has 0 aliphatic rings. The number of benzene rings is 2. The van der Waals surface area contributed by atoms with Crippen molar-refractivity contribution < 1.29 is 0 Å². The molecule has 21 heavy (non-hydrogen) atoms. The van der Waals surface area contributed by atoms with Crippen molar-refractivity contribution in [1.82, 2.24) is 15.1 Å². The fourth-order valence-electron chi connectivity index (χ4n) is 2.41. The van der Waals surface area contributed by atoms with Crippen LogP contribution >= 0.6 is 11.6 Å². The lowest BCUT2D eigenvalue weighted by molar-refractivity contribution is 0.819. The summed E-state index contributed by atoms with van der Waals surface area (Å²) in [5.41, 5.74) is 4.35. The number of hydrogen-bond acceptors (Lipinski definition) is 2. The van der Waals surface area contributed by atoms with Gasteiger partial charge in [-0.25, -0.2) is 4.68 Å². The Morgan fingerprint density at radius 3 is 2.62 bits per heavy atom. The topological polar surface area (TPSA) is 29.9 Å². The van der Waals surface area contributed by atoms with E-state index in [2.05, 4.69) is 22.5 Å². The number of rotatable bonds is 4. The van der Waals surface area contributed by atoms with Crippen LogP contribution in [-0.4, -0.2) is 16.8 Å². The third-order valence-corrected chi connectivity index (χ3v) is 3.55. The summed E-state index contributed by atoms with van der Waals surface area (Å²) in [5, 5.41) is 8.44. The van der Waals surface area contributed by atoms with E-state index < -0.39 is 0 Å². The first-order valence-corrected chi connectivity index (χ1v) is 7.20. The van der Waals surface area contributed by atoms with Crippen LogP contribution in [0.15, 0.2) is 60.8 Å². The molecule has 0 saturated carbocycles. The summed E-state index contributed by atoms with van der Waals surface area (Å²) < 4.78 is 1.94. The van der Waals surface area contributed by atoms with Gasteiger partial charge in [0.25, 0.3) is 0 Å². The minimum Gasteiger partial charge on any atom is -0.316 e. The SMILES string of the molecule is CNCc1cnn(-c2cccc(Cl)c2)c1-c1ccccc1. The molecule has 0 bridgehead atoms. The molecule has 0 unspecified atom stereocenters. The second kappa shape index (κ2) is 6.12. The van der Waals surface area contributed by atoms with Crippen molar-refractivity contribution in [3.05, 3.63) is 71.4 Å². The predicted octanol–water partition coefficient (Wildman–Crippen LogP) is 3.91. The van der Waals surface area contributed by atoms with Gasteiger partial charge in [-0.15, -0.1) is 0 Å². The molecule has 0 amide bonds. The largest absolute Gasteiger partial charge is 0.316 e. The molecule has 1 heterocycles. The van der Waals surface area contributed by atoms with Gasteiger partial charge in [-0.1, -0.05) is 48.0 Å². The zero-order chi connectivity index (χ0) is 14.7. The molecule has 0 fully saturated rings. The van der Waals surface area contributed by atoms with Crippen LogP contribution in [0.5, 0.6) is 0 Å². The van der Waals surface area contributed by atoms with Gasteiger partial charge in [0.2, 0.25) is 0 Å². The lowest BCUT2D eigenvalue weighted by Gasteiger charge is -2.10. The van der Waals surface area contributed by atoms with Crippen molar-refractivity contribution >= 4 is 11.6 Å². The molecule has 3 nitrogen and oxygen atoms in total. The van der Waals surface area contributed by atoms with Gasteiger partial charge in [0.15, 0.2) is 0 Å². The van der Waals surface area contributed by atoms with Gasteiger partial charge < -0.3 is 5.32 Å². The van der Waals surface area contributed by atoms with E-state index in [0.29, 0.717) is 5.02 Å². The average Bonchev–Trinajstić information content (AvgIpc) is 2.92. The molecule has 106 valence electrons. The monoisotopic (exact) mass is 297 g/mol. The van der Waals surface area contributed by atoms with Crippen molar-refractivity contribution in [2.75, 3.05) is 7.05 Å². The minimum absolute atomic E-state index is 0.706. The molecule has 0 spiro atoms. The number of aromatic nitrogens is 2. The van der Waals surface area contributed by atoms with Crippen molar-refractivity contribution in [1.29, 1.82) is 0 Å². The summed E-state index contributed by atoms with van der Waals surface area (Å²) in [7, 11) is 1.94. The molecule has 4 heteroatoms. The van der Waals surface area contributed by atoms with E-state index in [0.717, 1.165) is 29.1 Å². The van der Waals surface area contributed by atoms with E-state index in [1.165, 1.54) is 0 Å². The number of halogens is 1. The molecule has 0 radical (unpaired) electrons. The van der Waals surface area contributed by atoms with E-state index >= 15 is 0 Å². The quantitative estimate of drug-likeness (QED) is 0.791. The van der Waals surface area contributed by atoms with E-state index in [1.54, 1.807) is 0 Å². The zero-order valence-corrected chi connectivity index (χ0v) is 12.5. The van der Waals surface area contributed by atoms with Gasteiger partial charge in [-0.2, -0.15) is 5.10 Å². The Labute approximate surface area is 129 Å². The number of nitrogens with zero attached hydrogens (tertiary/aromatic N) is 2. The Bertz CT molecular complexity index is 735. The molecule has 0 aliphatic carbocycles. The summed E-state index contributed by atoms with van der Waals surface area (Å²) in [6.45, 7) is 0.769. The molecule has 0 aliphatic heterocycles. The lowest BCUT2D eigenvalue weighted by atomic mass is 10.1. The Kier molecular flexibility index (Phi) is 4.04. The first-order chi connectivity index (χ1) is 10.3. The number of hydrogen-bond donors (Lipinski definition) is 1.